The van der Waals surface area contributed by atoms with Crippen LogP contribution in [0, 0.1) is 0 Å². The zero-order valence-electron chi connectivity index (χ0n) is 10.9. The number of rotatable bonds is 2. The van der Waals surface area contributed by atoms with Crippen LogP contribution in [0.2, 0.25) is 0 Å². The molecule has 1 aliphatic rings. The topological polar surface area (TPSA) is 70.1 Å². The molecule has 0 bridgehead atoms. The van der Waals surface area contributed by atoms with E-state index in [1.54, 1.807) is 0 Å². The number of hydrogen-bond donors (Lipinski definition) is 1. The van der Waals surface area contributed by atoms with E-state index in [9.17, 15) is 4.79 Å². The van der Waals surface area contributed by atoms with Gasteiger partial charge in [0.2, 0.25) is 0 Å². The van der Waals surface area contributed by atoms with Crippen LogP contribution >= 0.6 is 0 Å². The average Bonchev–Trinajstić information content (AvgIpc) is 3.02. The first-order valence-corrected chi connectivity index (χ1v) is 6.43. The summed E-state index contributed by atoms with van der Waals surface area (Å²) in [6.07, 6.45) is 3.91. The highest BCUT2D eigenvalue weighted by atomic mass is 16.5. The smallest absolute Gasteiger partial charge is 0.325 e. The van der Waals surface area contributed by atoms with Gasteiger partial charge >= 0.3 is 5.97 Å². The largest absolute Gasteiger partial charge is 0.468 e. The molecular weight excluding hydrogens is 242 g/mol. The summed E-state index contributed by atoms with van der Waals surface area (Å²) in [5.74, 6) is -0.327. The predicted octanol–water partition coefficient (Wildman–Crippen LogP) is 1.63. The number of carbonyl (C=O) groups excluding carboxylic acids is 1. The highest BCUT2D eigenvalue weighted by molar-refractivity contribution is 5.81. The van der Waals surface area contributed by atoms with Crippen molar-refractivity contribution in [1.82, 2.24) is 9.78 Å². The second-order valence-electron chi connectivity index (χ2n) is 5.19. The zero-order chi connectivity index (χ0) is 13.5. The molecule has 1 aliphatic carbocycles. The number of fused-ring (bicyclic) bond motifs is 1. The van der Waals surface area contributed by atoms with E-state index >= 15 is 0 Å². The number of nitrogens with zero attached hydrogens (tertiary/aromatic N) is 2. The Morgan fingerprint density at radius 1 is 1.53 bits per heavy atom. The molecule has 1 fully saturated rings. The molecular formula is C14H17N3O2. The van der Waals surface area contributed by atoms with E-state index in [1.807, 2.05) is 35.1 Å². The van der Waals surface area contributed by atoms with Crippen LogP contribution in [-0.4, -0.2) is 28.4 Å². The molecule has 1 aromatic carbocycles. The van der Waals surface area contributed by atoms with Crippen LogP contribution in [0.4, 0.5) is 0 Å². The van der Waals surface area contributed by atoms with E-state index in [2.05, 4.69) is 5.10 Å². The molecule has 0 spiro atoms. The minimum Gasteiger partial charge on any atom is -0.468 e. The molecule has 0 amide bonds. The van der Waals surface area contributed by atoms with Gasteiger partial charge in [-0.25, -0.2) is 0 Å². The van der Waals surface area contributed by atoms with Crippen LogP contribution in [0.1, 0.15) is 25.3 Å². The van der Waals surface area contributed by atoms with Crippen LogP contribution in [-0.2, 0) is 9.53 Å². The standard InChI is InChI=1S/C14H17N3O2/c1-19-13(18)14(15)7-6-11(8-14)17-12-5-3-2-4-10(12)9-16-17/h2-5,9,11H,6-8,15H2,1H3. The lowest BCUT2D eigenvalue weighted by molar-refractivity contribution is -0.146. The van der Waals surface area contributed by atoms with Gasteiger partial charge in [0.25, 0.3) is 0 Å². The quantitative estimate of drug-likeness (QED) is 0.832. The highest BCUT2D eigenvalue weighted by Crippen LogP contribution is 2.37. The second-order valence-corrected chi connectivity index (χ2v) is 5.19. The average molecular weight is 259 g/mol. The van der Waals surface area contributed by atoms with Gasteiger partial charge in [0.1, 0.15) is 5.54 Å². The molecule has 0 aliphatic heterocycles. The molecule has 2 aromatic rings. The maximum atomic E-state index is 11.7. The lowest BCUT2D eigenvalue weighted by Gasteiger charge is -2.20. The van der Waals surface area contributed by atoms with Crippen LogP contribution in [0.3, 0.4) is 0 Å². The second kappa shape index (κ2) is 4.35. The number of nitrogens with two attached hydrogens (primary N) is 1. The molecule has 1 saturated carbocycles. The minimum atomic E-state index is -0.869. The fourth-order valence-electron chi connectivity index (χ4n) is 2.93. The fraction of sp³-hybridized carbons (Fsp3) is 0.429. The Kier molecular flexibility index (Phi) is 2.78. The predicted molar refractivity (Wildman–Crippen MR) is 71.6 cm³/mol. The first-order valence-electron chi connectivity index (χ1n) is 6.43. The summed E-state index contributed by atoms with van der Waals surface area (Å²) in [6.45, 7) is 0. The third-order valence-corrected chi connectivity index (χ3v) is 3.97. The summed E-state index contributed by atoms with van der Waals surface area (Å²) in [5, 5.41) is 5.54. The molecule has 2 atom stereocenters. The van der Waals surface area contributed by atoms with Gasteiger partial charge < -0.3 is 10.5 Å². The van der Waals surface area contributed by atoms with Crippen LogP contribution < -0.4 is 5.73 Å². The maximum absolute atomic E-state index is 11.7. The van der Waals surface area contributed by atoms with E-state index in [0.717, 1.165) is 17.3 Å². The first-order chi connectivity index (χ1) is 9.14. The summed E-state index contributed by atoms with van der Waals surface area (Å²) >= 11 is 0. The van der Waals surface area contributed by atoms with Crippen LogP contribution in [0.25, 0.3) is 10.9 Å². The summed E-state index contributed by atoms with van der Waals surface area (Å²) in [6, 6.07) is 8.21. The van der Waals surface area contributed by atoms with Crippen molar-refractivity contribution in [2.75, 3.05) is 7.11 Å². The Balaban J connectivity index is 1.91. The number of esters is 1. The molecule has 19 heavy (non-hydrogen) atoms. The Hall–Kier alpha value is -1.88. The summed E-state index contributed by atoms with van der Waals surface area (Å²) in [7, 11) is 1.38. The van der Waals surface area contributed by atoms with E-state index in [-0.39, 0.29) is 12.0 Å². The van der Waals surface area contributed by atoms with Crippen molar-refractivity contribution < 1.29 is 9.53 Å². The lowest BCUT2D eigenvalue weighted by atomic mass is 9.99. The third-order valence-electron chi connectivity index (χ3n) is 3.97. The SMILES string of the molecule is COC(=O)C1(N)CCC(n2ncc3ccccc32)C1. The number of para-hydroxylation sites is 1. The molecule has 1 aromatic heterocycles. The molecule has 5 heteroatoms. The minimum absolute atomic E-state index is 0.156. The normalized spacial score (nSPS) is 26.7. The molecule has 3 rings (SSSR count). The molecule has 100 valence electrons. The van der Waals surface area contributed by atoms with Gasteiger partial charge in [-0.1, -0.05) is 18.2 Å². The Labute approximate surface area is 111 Å². The summed E-state index contributed by atoms with van der Waals surface area (Å²) in [5.41, 5.74) is 6.35. The van der Waals surface area contributed by atoms with E-state index < -0.39 is 5.54 Å². The lowest BCUT2D eigenvalue weighted by Crippen LogP contribution is -2.46. The molecule has 0 saturated heterocycles. The molecule has 1 heterocycles. The van der Waals surface area contributed by atoms with E-state index in [1.165, 1.54) is 7.11 Å². The van der Waals surface area contributed by atoms with Gasteiger partial charge in [-0.3, -0.25) is 9.48 Å². The molecule has 0 radical (unpaired) electrons. The summed E-state index contributed by atoms with van der Waals surface area (Å²) in [4.78, 5) is 11.7. The third kappa shape index (κ3) is 1.90. The number of hydrogen-bond acceptors (Lipinski definition) is 4. The number of methoxy groups -OCH3 is 1. The van der Waals surface area contributed by atoms with Gasteiger partial charge in [-0.05, 0) is 25.3 Å². The Morgan fingerprint density at radius 3 is 3.11 bits per heavy atom. The van der Waals surface area contributed by atoms with Crippen molar-refractivity contribution in [3.8, 4) is 0 Å². The maximum Gasteiger partial charge on any atom is 0.325 e. The molecule has 2 unspecified atom stereocenters. The van der Waals surface area contributed by atoms with Crippen LogP contribution in [0.5, 0.6) is 0 Å². The Morgan fingerprint density at radius 2 is 2.32 bits per heavy atom. The van der Waals surface area contributed by atoms with Crippen LogP contribution in [0.15, 0.2) is 30.5 Å². The van der Waals surface area contributed by atoms with Gasteiger partial charge in [-0.15, -0.1) is 0 Å². The molecule has 5 nitrogen and oxygen atoms in total. The number of carbonyl (C=O) groups is 1. The molecule has 2 N–H and O–H groups in total. The van der Waals surface area contributed by atoms with E-state index in [4.69, 9.17) is 10.5 Å². The summed E-state index contributed by atoms with van der Waals surface area (Å²) < 4.78 is 6.78. The number of benzene rings is 1. The van der Waals surface area contributed by atoms with Crippen molar-refractivity contribution in [1.29, 1.82) is 0 Å². The van der Waals surface area contributed by atoms with E-state index in [0.29, 0.717) is 12.8 Å². The number of ether oxygens (including phenoxy) is 1. The number of aromatic nitrogens is 2. The van der Waals surface area contributed by atoms with Crippen molar-refractivity contribution >= 4 is 16.9 Å². The Bertz CT molecular complexity index is 622. The van der Waals surface area contributed by atoms with Gasteiger partial charge in [0.15, 0.2) is 0 Å². The first kappa shape index (κ1) is 12.2. The van der Waals surface area contributed by atoms with Gasteiger partial charge in [0, 0.05) is 5.39 Å². The highest BCUT2D eigenvalue weighted by Gasteiger charge is 2.44. The van der Waals surface area contributed by atoms with Crippen molar-refractivity contribution in [2.24, 2.45) is 5.73 Å². The van der Waals surface area contributed by atoms with Crippen molar-refractivity contribution in [2.45, 2.75) is 30.8 Å². The van der Waals surface area contributed by atoms with Crippen molar-refractivity contribution in [3.05, 3.63) is 30.5 Å². The van der Waals surface area contributed by atoms with Gasteiger partial charge in [-0.2, -0.15) is 5.10 Å². The van der Waals surface area contributed by atoms with Crippen molar-refractivity contribution in [3.63, 3.8) is 0 Å². The monoisotopic (exact) mass is 259 g/mol. The zero-order valence-corrected chi connectivity index (χ0v) is 10.9. The fourth-order valence-corrected chi connectivity index (χ4v) is 2.93. The van der Waals surface area contributed by atoms with Gasteiger partial charge in [0.05, 0.1) is 24.9 Å².